The minimum absolute atomic E-state index is 0.0812. The van der Waals surface area contributed by atoms with E-state index in [0.29, 0.717) is 11.8 Å². The van der Waals surface area contributed by atoms with Crippen LogP contribution < -0.4 is 4.57 Å². The van der Waals surface area contributed by atoms with Crippen molar-refractivity contribution in [3.05, 3.63) is 95.3 Å². The van der Waals surface area contributed by atoms with Crippen molar-refractivity contribution in [3.63, 3.8) is 0 Å². The van der Waals surface area contributed by atoms with Crippen LogP contribution in [0.1, 0.15) is 82.7 Å². The predicted molar refractivity (Wildman–Crippen MR) is 182 cm³/mol. The van der Waals surface area contributed by atoms with Gasteiger partial charge in [-0.1, -0.05) is 90.9 Å². The number of aromatic nitrogens is 4. The molecule has 7 aromatic rings. The monoisotopic (exact) mass is 581 g/mol. The number of nitrogens with zero attached hydrogens (tertiary/aromatic N) is 4. The van der Waals surface area contributed by atoms with Crippen molar-refractivity contribution in [2.45, 2.75) is 72.6 Å². The molecule has 0 spiro atoms. The maximum atomic E-state index is 6.83. The van der Waals surface area contributed by atoms with Crippen LogP contribution in [0.25, 0.3) is 61.1 Å². The molecule has 0 amide bonds. The number of imidazole rings is 1. The van der Waals surface area contributed by atoms with Crippen LogP contribution in [0.3, 0.4) is 0 Å². The Morgan fingerprint density at radius 3 is 2.20 bits per heavy atom. The molecule has 0 saturated carbocycles. The Morgan fingerprint density at radius 1 is 0.818 bits per heavy atom. The third kappa shape index (κ3) is 4.24. The Hall–Kier alpha value is -4.51. The SMILES string of the molecule is Cc1ccc2c(oc3cc4ncc(C(C)(C)C)nc4cc32)c1-c1n(-c2c(C(C)C)cccc2C(C)C)c2ccccc2[n+]1C. The van der Waals surface area contributed by atoms with Gasteiger partial charge in [-0.25, -0.2) is 9.55 Å². The lowest BCUT2D eigenvalue weighted by molar-refractivity contribution is -0.633. The second-order valence-electron chi connectivity index (χ2n) is 13.9. The molecule has 0 aliphatic rings. The van der Waals surface area contributed by atoms with E-state index in [1.54, 1.807) is 0 Å². The van der Waals surface area contributed by atoms with Crippen LogP contribution in [0, 0.1) is 6.92 Å². The van der Waals surface area contributed by atoms with E-state index < -0.39 is 0 Å². The van der Waals surface area contributed by atoms with Crippen LogP contribution in [0.5, 0.6) is 0 Å². The Kier molecular flexibility index (Phi) is 6.44. The fourth-order valence-corrected chi connectivity index (χ4v) is 6.67. The van der Waals surface area contributed by atoms with Crippen molar-refractivity contribution >= 4 is 44.0 Å². The summed E-state index contributed by atoms with van der Waals surface area (Å²) in [6.07, 6.45) is 1.89. The summed E-state index contributed by atoms with van der Waals surface area (Å²) in [5.74, 6) is 1.83. The van der Waals surface area contributed by atoms with E-state index in [1.165, 1.54) is 33.4 Å². The number of benzene rings is 4. The minimum atomic E-state index is -0.0812. The van der Waals surface area contributed by atoms with E-state index in [2.05, 4.69) is 132 Å². The highest BCUT2D eigenvalue weighted by Gasteiger charge is 2.33. The molecule has 7 rings (SSSR count). The summed E-state index contributed by atoms with van der Waals surface area (Å²) in [5.41, 5.74) is 12.9. The quantitative estimate of drug-likeness (QED) is 0.194. The van der Waals surface area contributed by atoms with E-state index in [9.17, 15) is 0 Å². The molecule has 5 nitrogen and oxygen atoms in total. The standard InChI is InChI=1S/C39H41N4O/c1-22(2)25-13-12-14-26(23(3)4)36(25)43-32-16-11-10-15-31(32)42(9)38(43)35-24(5)17-18-27-28-19-30-29(20-33(28)44-37(27)35)40-21-34(41-30)39(6,7)8/h10-23H,1-9H3/q+1. The molecule has 0 fully saturated rings. The highest BCUT2D eigenvalue weighted by atomic mass is 16.3. The third-order valence-electron chi connectivity index (χ3n) is 9.08. The normalized spacial score (nSPS) is 12.6. The second kappa shape index (κ2) is 10.0. The summed E-state index contributed by atoms with van der Waals surface area (Å²) in [5, 5.41) is 2.15. The fraction of sp³-hybridized carbons (Fsp3) is 0.308. The topological polar surface area (TPSA) is 47.7 Å². The average molecular weight is 582 g/mol. The van der Waals surface area contributed by atoms with Gasteiger partial charge in [0.25, 0.3) is 5.82 Å². The first-order valence-corrected chi connectivity index (χ1v) is 15.7. The van der Waals surface area contributed by atoms with Crippen LogP contribution >= 0.6 is 0 Å². The first kappa shape index (κ1) is 28.3. The smallest absolute Gasteiger partial charge is 0.299 e. The zero-order valence-electron chi connectivity index (χ0n) is 27.3. The predicted octanol–water partition coefficient (Wildman–Crippen LogP) is 9.82. The van der Waals surface area contributed by atoms with Crippen LogP contribution in [-0.4, -0.2) is 14.5 Å². The zero-order chi connectivity index (χ0) is 31.1. The van der Waals surface area contributed by atoms with Gasteiger partial charge >= 0.3 is 0 Å². The molecule has 0 aliphatic heterocycles. The molecule has 0 unspecified atom stereocenters. The first-order valence-electron chi connectivity index (χ1n) is 15.7. The van der Waals surface area contributed by atoms with Crippen molar-refractivity contribution < 1.29 is 8.98 Å². The molecule has 0 aliphatic carbocycles. The van der Waals surface area contributed by atoms with E-state index in [1.807, 2.05) is 12.3 Å². The van der Waals surface area contributed by atoms with Crippen LogP contribution in [0.15, 0.2) is 77.3 Å². The molecule has 0 saturated heterocycles. The van der Waals surface area contributed by atoms with Crippen LogP contribution in [0.4, 0.5) is 0 Å². The number of hydrogen-bond donors (Lipinski definition) is 0. The van der Waals surface area contributed by atoms with Crippen molar-refractivity contribution in [2.75, 3.05) is 0 Å². The molecule has 44 heavy (non-hydrogen) atoms. The Bertz CT molecular complexity index is 2220. The van der Waals surface area contributed by atoms with Gasteiger partial charge in [-0.2, -0.15) is 4.57 Å². The molecule has 0 N–H and O–H groups in total. The number of rotatable bonds is 4. The van der Waals surface area contributed by atoms with Gasteiger partial charge < -0.3 is 4.42 Å². The van der Waals surface area contributed by atoms with Gasteiger partial charge in [-0.3, -0.25) is 4.98 Å². The Labute approximate surface area is 259 Å². The molecule has 3 aromatic heterocycles. The molecular weight excluding hydrogens is 540 g/mol. The number of aryl methyl sites for hydroxylation is 2. The largest absolute Gasteiger partial charge is 0.455 e. The van der Waals surface area contributed by atoms with Gasteiger partial charge in [0.1, 0.15) is 16.8 Å². The maximum Gasteiger partial charge on any atom is 0.299 e. The highest BCUT2D eigenvalue weighted by Crippen LogP contribution is 2.42. The summed E-state index contributed by atoms with van der Waals surface area (Å²) >= 11 is 0. The highest BCUT2D eigenvalue weighted by molar-refractivity contribution is 6.12. The number of hydrogen-bond acceptors (Lipinski definition) is 3. The number of furan rings is 1. The number of fused-ring (bicyclic) bond motifs is 5. The van der Waals surface area contributed by atoms with Gasteiger partial charge in [0.05, 0.1) is 23.8 Å². The number of para-hydroxylation sites is 3. The Morgan fingerprint density at radius 2 is 1.52 bits per heavy atom. The molecule has 3 heterocycles. The summed E-state index contributed by atoms with van der Waals surface area (Å²) in [4.78, 5) is 9.80. The minimum Gasteiger partial charge on any atom is -0.455 e. The van der Waals surface area contributed by atoms with Gasteiger partial charge in [0, 0.05) is 39.6 Å². The lowest BCUT2D eigenvalue weighted by atomic mass is 9.92. The molecule has 5 heteroatoms. The maximum absolute atomic E-state index is 6.83. The van der Waals surface area contributed by atoms with Gasteiger partial charge in [0.2, 0.25) is 0 Å². The second-order valence-corrected chi connectivity index (χ2v) is 13.9. The van der Waals surface area contributed by atoms with Crippen molar-refractivity contribution in [2.24, 2.45) is 7.05 Å². The van der Waals surface area contributed by atoms with E-state index in [4.69, 9.17) is 14.4 Å². The fourth-order valence-electron chi connectivity index (χ4n) is 6.67. The van der Waals surface area contributed by atoms with Crippen molar-refractivity contribution in [1.29, 1.82) is 0 Å². The van der Waals surface area contributed by atoms with Crippen molar-refractivity contribution in [1.82, 2.24) is 14.5 Å². The lowest BCUT2D eigenvalue weighted by Gasteiger charge is -2.18. The van der Waals surface area contributed by atoms with Gasteiger partial charge in [-0.15, -0.1) is 0 Å². The third-order valence-corrected chi connectivity index (χ3v) is 9.08. The summed E-state index contributed by atoms with van der Waals surface area (Å²) in [6, 6.07) is 24.1. The molecule has 0 bridgehead atoms. The van der Waals surface area contributed by atoms with E-state index in [0.717, 1.165) is 50.1 Å². The van der Waals surface area contributed by atoms with Crippen LogP contribution in [0.2, 0.25) is 0 Å². The molecular formula is C39H41N4O+. The van der Waals surface area contributed by atoms with Crippen LogP contribution in [-0.2, 0) is 12.5 Å². The molecule has 4 aromatic carbocycles. The zero-order valence-corrected chi connectivity index (χ0v) is 27.3. The van der Waals surface area contributed by atoms with E-state index in [-0.39, 0.29) is 5.41 Å². The molecule has 0 atom stereocenters. The lowest BCUT2D eigenvalue weighted by Crippen LogP contribution is -2.30. The first-order chi connectivity index (χ1) is 21.0. The summed E-state index contributed by atoms with van der Waals surface area (Å²) < 4.78 is 11.7. The van der Waals surface area contributed by atoms with Crippen molar-refractivity contribution in [3.8, 4) is 17.1 Å². The van der Waals surface area contributed by atoms with E-state index >= 15 is 0 Å². The molecule has 222 valence electrons. The van der Waals surface area contributed by atoms with Gasteiger partial charge in [-0.05, 0) is 42.5 Å². The molecule has 0 radical (unpaired) electrons. The Balaban J connectivity index is 1.61. The van der Waals surface area contributed by atoms with Gasteiger partial charge in [0.15, 0.2) is 16.6 Å². The summed E-state index contributed by atoms with van der Waals surface area (Å²) in [7, 11) is 2.18. The summed E-state index contributed by atoms with van der Waals surface area (Å²) in [6.45, 7) is 17.9. The average Bonchev–Trinajstić information content (AvgIpc) is 3.48.